The number of anilines is 1. The molecule has 4 heteroatoms. The molecule has 0 bridgehead atoms. The first-order chi connectivity index (χ1) is 10.3. The van der Waals surface area contributed by atoms with Gasteiger partial charge < -0.3 is 5.73 Å². The van der Waals surface area contributed by atoms with Gasteiger partial charge in [-0.3, -0.25) is 0 Å². The van der Waals surface area contributed by atoms with E-state index in [2.05, 4.69) is 22.2 Å². The molecule has 0 spiro atoms. The molecule has 0 amide bonds. The quantitative estimate of drug-likeness (QED) is 0.779. The van der Waals surface area contributed by atoms with Gasteiger partial charge in [-0.05, 0) is 5.56 Å². The van der Waals surface area contributed by atoms with E-state index in [0.29, 0.717) is 12.2 Å². The van der Waals surface area contributed by atoms with Crippen LogP contribution in [0.2, 0.25) is 0 Å². The zero-order valence-electron chi connectivity index (χ0n) is 11.4. The minimum absolute atomic E-state index is 0.645. The van der Waals surface area contributed by atoms with E-state index < -0.39 is 0 Å². The van der Waals surface area contributed by atoms with E-state index in [4.69, 9.17) is 5.73 Å². The number of hydrogen-bond acceptors (Lipinski definition) is 3. The van der Waals surface area contributed by atoms with Crippen LogP contribution in [0, 0.1) is 0 Å². The van der Waals surface area contributed by atoms with Gasteiger partial charge in [0, 0.05) is 5.56 Å². The molecule has 0 unspecified atom stereocenters. The summed E-state index contributed by atoms with van der Waals surface area (Å²) in [6.45, 7) is 0.663. The Labute approximate surface area is 122 Å². The fourth-order valence-electron chi connectivity index (χ4n) is 2.60. The predicted octanol–water partition coefficient (Wildman–Crippen LogP) is 3.27. The molecule has 0 fully saturated rings. The first-order valence-corrected chi connectivity index (χ1v) is 6.87. The van der Waals surface area contributed by atoms with Gasteiger partial charge in [0.05, 0.1) is 12.3 Å². The summed E-state index contributed by atoms with van der Waals surface area (Å²) in [5, 5.41) is 4.61. The van der Waals surface area contributed by atoms with Crippen LogP contribution in [0.25, 0.3) is 11.3 Å². The van der Waals surface area contributed by atoms with Gasteiger partial charge in [-0.2, -0.15) is 5.10 Å². The highest BCUT2D eigenvalue weighted by Crippen LogP contribution is 2.36. The van der Waals surface area contributed by atoms with Gasteiger partial charge in [0.15, 0.2) is 5.82 Å². The second kappa shape index (κ2) is 4.59. The molecule has 2 N–H and O–H groups in total. The molecule has 2 heterocycles. The van der Waals surface area contributed by atoms with Gasteiger partial charge in [0.2, 0.25) is 0 Å². The van der Waals surface area contributed by atoms with E-state index in [9.17, 15) is 0 Å². The highest BCUT2D eigenvalue weighted by atomic mass is 15.4. The second-order valence-electron chi connectivity index (χ2n) is 5.03. The smallest absolute Gasteiger partial charge is 0.175 e. The summed E-state index contributed by atoms with van der Waals surface area (Å²) in [6.07, 6.45) is 0. The fraction of sp³-hybridized carbons (Fsp3) is 0.0588. The number of benzene rings is 2. The Morgan fingerprint density at radius 2 is 1.48 bits per heavy atom. The topological polar surface area (TPSA) is 56.2 Å². The van der Waals surface area contributed by atoms with E-state index in [1.165, 1.54) is 0 Å². The van der Waals surface area contributed by atoms with Crippen molar-refractivity contribution in [2.75, 3.05) is 5.73 Å². The van der Waals surface area contributed by atoms with Crippen LogP contribution in [0.4, 0.5) is 11.5 Å². The molecule has 0 saturated heterocycles. The molecule has 102 valence electrons. The molecule has 21 heavy (non-hydrogen) atoms. The maximum atomic E-state index is 6.24. The van der Waals surface area contributed by atoms with E-state index in [1.807, 2.05) is 53.2 Å². The molecule has 4 rings (SSSR count). The zero-order valence-corrected chi connectivity index (χ0v) is 11.4. The van der Waals surface area contributed by atoms with Crippen molar-refractivity contribution in [3.05, 3.63) is 66.2 Å². The van der Waals surface area contributed by atoms with Gasteiger partial charge in [-0.1, -0.05) is 60.7 Å². The van der Waals surface area contributed by atoms with Crippen molar-refractivity contribution in [2.24, 2.45) is 4.99 Å². The minimum Gasteiger partial charge on any atom is -0.394 e. The lowest BCUT2D eigenvalue weighted by molar-refractivity contribution is 0.755. The Kier molecular flexibility index (Phi) is 2.60. The molecule has 0 saturated carbocycles. The molecule has 1 aliphatic rings. The fourth-order valence-corrected chi connectivity index (χ4v) is 2.60. The van der Waals surface area contributed by atoms with Crippen LogP contribution in [-0.2, 0) is 6.54 Å². The minimum atomic E-state index is 0.645. The summed E-state index contributed by atoms with van der Waals surface area (Å²) in [4.78, 5) is 4.66. The predicted molar refractivity (Wildman–Crippen MR) is 84.7 cm³/mol. The monoisotopic (exact) mass is 274 g/mol. The summed E-state index contributed by atoms with van der Waals surface area (Å²) in [6, 6.07) is 20.1. The van der Waals surface area contributed by atoms with Crippen LogP contribution in [0.3, 0.4) is 0 Å². The van der Waals surface area contributed by atoms with E-state index in [0.717, 1.165) is 28.4 Å². The summed E-state index contributed by atoms with van der Waals surface area (Å²) in [5.74, 6) is 0.757. The SMILES string of the molecule is Nc1c(-c2ccccc2)nn2c1N=C(c1ccccc1)C2. The number of aliphatic imine (C=N–C) groups is 1. The van der Waals surface area contributed by atoms with Crippen molar-refractivity contribution in [3.63, 3.8) is 0 Å². The molecule has 2 aromatic carbocycles. The summed E-state index contributed by atoms with van der Waals surface area (Å²) in [7, 11) is 0. The number of fused-ring (bicyclic) bond motifs is 1. The lowest BCUT2D eigenvalue weighted by Gasteiger charge is -2.01. The lowest BCUT2D eigenvalue weighted by Crippen LogP contribution is -2.06. The maximum absolute atomic E-state index is 6.24. The third kappa shape index (κ3) is 1.92. The van der Waals surface area contributed by atoms with Crippen LogP contribution in [0.5, 0.6) is 0 Å². The van der Waals surface area contributed by atoms with Gasteiger partial charge in [0.25, 0.3) is 0 Å². The van der Waals surface area contributed by atoms with Crippen LogP contribution in [0.15, 0.2) is 65.7 Å². The molecule has 0 aliphatic carbocycles. The van der Waals surface area contributed by atoms with Crippen LogP contribution >= 0.6 is 0 Å². The first-order valence-electron chi connectivity index (χ1n) is 6.87. The Hall–Kier alpha value is -2.88. The average Bonchev–Trinajstić information content (AvgIpc) is 3.09. The molecular formula is C17H14N4. The van der Waals surface area contributed by atoms with E-state index in [1.54, 1.807) is 0 Å². The van der Waals surface area contributed by atoms with Crippen molar-refractivity contribution in [1.82, 2.24) is 9.78 Å². The number of hydrogen-bond donors (Lipinski definition) is 1. The number of aromatic nitrogens is 2. The second-order valence-corrected chi connectivity index (χ2v) is 5.03. The standard InChI is InChI=1S/C17H14N4/c18-15-16(13-9-5-2-6-10-13)20-21-11-14(19-17(15)21)12-7-3-1-4-8-12/h1-10H,11,18H2. The Balaban J connectivity index is 1.76. The van der Waals surface area contributed by atoms with E-state index >= 15 is 0 Å². The van der Waals surface area contributed by atoms with Gasteiger partial charge >= 0.3 is 0 Å². The molecule has 0 radical (unpaired) electrons. The maximum Gasteiger partial charge on any atom is 0.175 e. The number of rotatable bonds is 2. The largest absolute Gasteiger partial charge is 0.394 e. The molecule has 0 atom stereocenters. The zero-order chi connectivity index (χ0) is 14.2. The van der Waals surface area contributed by atoms with Crippen molar-refractivity contribution < 1.29 is 0 Å². The number of nitrogens with two attached hydrogens (primary N) is 1. The van der Waals surface area contributed by atoms with E-state index in [-0.39, 0.29) is 0 Å². The molecule has 1 aromatic heterocycles. The highest BCUT2D eigenvalue weighted by Gasteiger charge is 2.23. The van der Waals surface area contributed by atoms with Crippen molar-refractivity contribution in [3.8, 4) is 11.3 Å². The van der Waals surface area contributed by atoms with Gasteiger partial charge in [-0.15, -0.1) is 0 Å². The summed E-state index contributed by atoms with van der Waals surface area (Å²) >= 11 is 0. The van der Waals surface area contributed by atoms with Crippen molar-refractivity contribution in [2.45, 2.75) is 6.54 Å². The lowest BCUT2D eigenvalue weighted by atomic mass is 10.1. The average molecular weight is 274 g/mol. The number of nitrogens with zero attached hydrogens (tertiary/aromatic N) is 3. The number of nitrogen functional groups attached to an aromatic ring is 1. The molecular weight excluding hydrogens is 260 g/mol. The van der Waals surface area contributed by atoms with Gasteiger partial charge in [-0.25, -0.2) is 9.67 Å². The van der Waals surface area contributed by atoms with Crippen LogP contribution in [-0.4, -0.2) is 15.5 Å². The van der Waals surface area contributed by atoms with Gasteiger partial charge in [0.1, 0.15) is 11.4 Å². The van der Waals surface area contributed by atoms with Crippen molar-refractivity contribution >= 4 is 17.2 Å². The normalized spacial score (nSPS) is 13.0. The summed E-state index contributed by atoms with van der Waals surface area (Å²) < 4.78 is 1.88. The highest BCUT2D eigenvalue weighted by molar-refractivity contribution is 6.05. The van der Waals surface area contributed by atoms with Crippen molar-refractivity contribution in [1.29, 1.82) is 0 Å². The Morgan fingerprint density at radius 3 is 2.10 bits per heavy atom. The first kappa shape index (κ1) is 11.9. The molecule has 4 nitrogen and oxygen atoms in total. The molecule has 1 aliphatic heterocycles. The third-order valence-corrected chi connectivity index (χ3v) is 3.66. The van der Waals surface area contributed by atoms with Crippen LogP contribution < -0.4 is 5.73 Å². The Morgan fingerprint density at radius 1 is 0.857 bits per heavy atom. The third-order valence-electron chi connectivity index (χ3n) is 3.66. The Bertz CT molecular complexity index is 817. The summed E-state index contributed by atoms with van der Waals surface area (Å²) in [5.41, 5.74) is 10.8. The van der Waals surface area contributed by atoms with Crippen LogP contribution in [0.1, 0.15) is 5.56 Å². The molecule has 3 aromatic rings.